The zero-order valence-electron chi connectivity index (χ0n) is 16.3. The lowest BCUT2D eigenvalue weighted by atomic mass is 10.2. The van der Waals surface area contributed by atoms with E-state index in [1.807, 2.05) is 0 Å². The molecule has 0 unspecified atom stereocenters. The van der Waals surface area contributed by atoms with Crippen molar-refractivity contribution in [3.63, 3.8) is 0 Å². The first-order chi connectivity index (χ1) is 14.5. The van der Waals surface area contributed by atoms with E-state index in [0.29, 0.717) is 38.2 Å². The average molecular weight is 410 g/mol. The molecule has 0 aliphatic rings. The van der Waals surface area contributed by atoms with Crippen molar-refractivity contribution in [2.75, 3.05) is 21.3 Å². The SMILES string of the molecule is COc1cc(C=Nn2c(=O)[nH]c3c([nH]c4cc(OC)c(OC)cc43)c2=O)ccc1O. The van der Waals surface area contributed by atoms with Crippen molar-refractivity contribution in [2.45, 2.75) is 0 Å². The van der Waals surface area contributed by atoms with Crippen LogP contribution in [0, 0.1) is 0 Å². The van der Waals surface area contributed by atoms with Crippen LogP contribution in [-0.4, -0.2) is 47.3 Å². The van der Waals surface area contributed by atoms with Crippen LogP contribution in [0.25, 0.3) is 21.9 Å². The van der Waals surface area contributed by atoms with Gasteiger partial charge in [0, 0.05) is 11.5 Å². The van der Waals surface area contributed by atoms with Gasteiger partial charge in [-0.15, -0.1) is 4.68 Å². The van der Waals surface area contributed by atoms with Crippen LogP contribution in [0.5, 0.6) is 23.0 Å². The number of fused-ring (bicyclic) bond motifs is 3. The Morgan fingerprint density at radius 3 is 2.33 bits per heavy atom. The molecule has 0 aliphatic heterocycles. The molecule has 30 heavy (non-hydrogen) atoms. The van der Waals surface area contributed by atoms with E-state index in [0.717, 1.165) is 0 Å². The molecule has 2 aromatic heterocycles. The Kier molecular flexibility index (Phi) is 4.66. The summed E-state index contributed by atoms with van der Waals surface area (Å²) in [6.45, 7) is 0. The minimum atomic E-state index is -0.704. The molecule has 3 N–H and O–H groups in total. The molecule has 0 radical (unpaired) electrons. The molecule has 2 heterocycles. The van der Waals surface area contributed by atoms with E-state index in [1.165, 1.54) is 39.7 Å². The van der Waals surface area contributed by atoms with Gasteiger partial charge in [-0.25, -0.2) is 4.79 Å². The molecule has 0 atom stereocenters. The van der Waals surface area contributed by atoms with Crippen LogP contribution in [0.2, 0.25) is 0 Å². The highest BCUT2D eigenvalue weighted by molar-refractivity contribution is 6.05. The van der Waals surface area contributed by atoms with Gasteiger partial charge in [-0.2, -0.15) is 5.10 Å². The fourth-order valence-corrected chi connectivity index (χ4v) is 3.17. The number of nitrogens with zero attached hydrogens (tertiary/aromatic N) is 2. The number of ether oxygens (including phenoxy) is 3. The van der Waals surface area contributed by atoms with E-state index in [1.54, 1.807) is 18.2 Å². The van der Waals surface area contributed by atoms with Gasteiger partial charge >= 0.3 is 11.2 Å². The maximum atomic E-state index is 12.9. The van der Waals surface area contributed by atoms with Gasteiger partial charge in [-0.05, 0) is 29.8 Å². The molecule has 10 heteroatoms. The van der Waals surface area contributed by atoms with Gasteiger partial charge in [0.1, 0.15) is 5.52 Å². The monoisotopic (exact) mass is 410 g/mol. The van der Waals surface area contributed by atoms with Gasteiger partial charge in [0.25, 0.3) is 0 Å². The van der Waals surface area contributed by atoms with Crippen molar-refractivity contribution in [3.05, 3.63) is 56.7 Å². The highest BCUT2D eigenvalue weighted by Gasteiger charge is 2.16. The Morgan fingerprint density at radius 1 is 0.933 bits per heavy atom. The smallest absolute Gasteiger partial charge is 0.350 e. The van der Waals surface area contributed by atoms with E-state index in [4.69, 9.17) is 14.2 Å². The quantitative estimate of drug-likeness (QED) is 0.430. The molecule has 0 saturated heterocycles. The van der Waals surface area contributed by atoms with Crippen LogP contribution < -0.4 is 25.5 Å². The van der Waals surface area contributed by atoms with E-state index in [2.05, 4.69) is 15.1 Å². The van der Waals surface area contributed by atoms with Gasteiger partial charge in [-0.3, -0.25) is 4.79 Å². The minimum Gasteiger partial charge on any atom is -0.504 e. The number of benzene rings is 2. The van der Waals surface area contributed by atoms with Crippen molar-refractivity contribution >= 4 is 28.2 Å². The van der Waals surface area contributed by atoms with Gasteiger partial charge < -0.3 is 29.3 Å². The maximum absolute atomic E-state index is 12.9. The fraction of sp³-hybridized carbons (Fsp3) is 0.150. The number of nitrogens with one attached hydrogen (secondary N) is 2. The third-order valence-electron chi connectivity index (χ3n) is 4.66. The van der Waals surface area contributed by atoms with Crippen LogP contribution in [0.3, 0.4) is 0 Å². The standard InChI is InChI=1S/C20H18N4O6/c1-28-14-6-10(4-5-13(14)25)9-21-24-19(26)18-17(23-20(24)27)11-7-15(29-2)16(30-3)8-12(11)22-18/h4-9,22,25H,1-3H3,(H,23,27). The molecule has 4 aromatic rings. The van der Waals surface area contributed by atoms with E-state index in [9.17, 15) is 14.7 Å². The first kappa shape index (κ1) is 19.1. The van der Waals surface area contributed by atoms with E-state index < -0.39 is 11.2 Å². The van der Waals surface area contributed by atoms with Gasteiger partial charge in [-0.1, -0.05) is 0 Å². The summed E-state index contributed by atoms with van der Waals surface area (Å²) in [7, 11) is 4.43. The molecule has 0 aliphatic carbocycles. The van der Waals surface area contributed by atoms with Crippen molar-refractivity contribution in [2.24, 2.45) is 5.10 Å². The number of rotatable bonds is 5. The number of aromatic amines is 2. The first-order valence-electron chi connectivity index (χ1n) is 8.81. The zero-order chi connectivity index (χ0) is 21.4. The second-order valence-corrected chi connectivity index (χ2v) is 6.35. The number of phenolic OH excluding ortho intramolecular Hbond substituents is 1. The Bertz CT molecular complexity index is 1410. The highest BCUT2D eigenvalue weighted by atomic mass is 16.5. The molecular weight excluding hydrogens is 392 g/mol. The number of hydrogen-bond donors (Lipinski definition) is 3. The predicted octanol–water partition coefficient (Wildman–Crippen LogP) is 1.78. The molecule has 0 amide bonds. The van der Waals surface area contributed by atoms with Crippen LogP contribution in [0.1, 0.15) is 5.56 Å². The highest BCUT2D eigenvalue weighted by Crippen LogP contribution is 2.34. The van der Waals surface area contributed by atoms with E-state index in [-0.39, 0.29) is 17.0 Å². The zero-order valence-corrected chi connectivity index (χ0v) is 16.3. The topological polar surface area (TPSA) is 131 Å². The Morgan fingerprint density at radius 2 is 1.63 bits per heavy atom. The second kappa shape index (κ2) is 7.32. The third kappa shape index (κ3) is 3.04. The van der Waals surface area contributed by atoms with E-state index >= 15 is 0 Å². The Balaban J connectivity index is 1.87. The molecule has 0 saturated carbocycles. The van der Waals surface area contributed by atoms with Crippen molar-refractivity contribution in [1.29, 1.82) is 0 Å². The fourth-order valence-electron chi connectivity index (χ4n) is 3.17. The molecule has 10 nitrogen and oxygen atoms in total. The lowest BCUT2D eigenvalue weighted by Crippen LogP contribution is -2.32. The van der Waals surface area contributed by atoms with Gasteiger partial charge in [0.2, 0.25) is 0 Å². The summed E-state index contributed by atoms with van der Waals surface area (Å²) in [5.41, 5.74) is 0.330. The summed E-state index contributed by atoms with van der Waals surface area (Å²) in [5.74, 6) is 1.16. The molecular formula is C20H18N4O6. The molecule has 4 rings (SSSR count). The summed E-state index contributed by atoms with van der Waals surface area (Å²) in [6.07, 6.45) is 1.32. The summed E-state index contributed by atoms with van der Waals surface area (Å²) in [5, 5.41) is 14.3. The summed E-state index contributed by atoms with van der Waals surface area (Å²) in [6, 6.07) is 7.88. The molecule has 154 valence electrons. The lowest BCUT2D eigenvalue weighted by Gasteiger charge is -2.06. The number of H-pyrrole nitrogens is 2. The molecule has 0 bridgehead atoms. The summed E-state index contributed by atoms with van der Waals surface area (Å²) < 4.78 is 16.3. The van der Waals surface area contributed by atoms with Crippen molar-refractivity contribution in [1.82, 2.24) is 14.6 Å². The van der Waals surface area contributed by atoms with Crippen LogP contribution in [0.4, 0.5) is 0 Å². The van der Waals surface area contributed by atoms with Crippen LogP contribution in [-0.2, 0) is 0 Å². The largest absolute Gasteiger partial charge is 0.504 e. The predicted molar refractivity (Wildman–Crippen MR) is 111 cm³/mol. The number of methoxy groups -OCH3 is 3. The number of aromatic hydroxyl groups is 1. The minimum absolute atomic E-state index is 0.0324. The Hall–Kier alpha value is -4.21. The third-order valence-corrected chi connectivity index (χ3v) is 4.66. The average Bonchev–Trinajstić information content (AvgIpc) is 3.11. The first-order valence-corrected chi connectivity index (χ1v) is 8.81. The number of aromatic nitrogens is 3. The number of phenols is 1. The van der Waals surface area contributed by atoms with Gasteiger partial charge in [0.15, 0.2) is 23.0 Å². The Labute approximate surface area is 168 Å². The van der Waals surface area contributed by atoms with Gasteiger partial charge in [0.05, 0.1) is 38.6 Å². The number of hydrogen-bond acceptors (Lipinski definition) is 7. The van der Waals surface area contributed by atoms with Crippen molar-refractivity contribution in [3.8, 4) is 23.0 Å². The molecule has 2 aromatic carbocycles. The molecule has 0 spiro atoms. The van der Waals surface area contributed by atoms with Crippen molar-refractivity contribution < 1.29 is 19.3 Å². The lowest BCUT2D eigenvalue weighted by molar-refractivity contribution is 0.356. The maximum Gasteiger partial charge on any atom is 0.350 e. The normalized spacial score (nSPS) is 11.4. The van der Waals surface area contributed by atoms with Crippen LogP contribution >= 0.6 is 0 Å². The molecule has 0 fully saturated rings. The van der Waals surface area contributed by atoms with Crippen LogP contribution in [0.15, 0.2) is 45.0 Å². The second-order valence-electron chi connectivity index (χ2n) is 6.35. The summed E-state index contributed by atoms with van der Waals surface area (Å²) in [4.78, 5) is 31.1. The summed E-state index contributed by atoms with van der Waals surface area (Å²) >= 11 is 0.